The SMILES string of the molecule is Cc1c(C)n(-c2cccc(Cl)c2)c2ncnc(N/N=C/c3ccc(C(F)(F)F)cc3)c12. The Morgan fingerprint density at radius 2 is 1.81 bits per heavy atom. The summed E-state index contributed by atoms with van der Waals surface area (Å²) in [6, 6.07) is 12.2. The van der Waals surface area contributed by atoms with Crippen molar-refractivity contribution in [2.24, 2.45) is 5.10 Å². The van der Waals surface area contributed by atoms with Crippen LogP contribution in [0.1, 0.15) is 22.4 Å². The summed E-state index contributed by atoms with van der Waals surface area (Å²) < 4.78 is 40.1. The van der Waals surface area contributed by atoms with E-state index >= 15 is 0 Å². The first kappa shape index (κ1) is 20.9. The van der Waals surface area contributed by atoms with Gasteiger partial charge in [-0.05, 0) is 55.3 Å². The van der Waals surface area contributed by atoms with Gasteiger partial charge in [0.2, 0.25) is 0 Å². The van der Waals surface area contributed by atoms with E-state index < -0.39 is 11.7 Å². The largest absolute Gasteiger partial charge is 0.416 e. The Balaban J connectivity index is 1.66. The van der Waals surface area contributed by atoms with Gasteiger partial charge in [0.05, 0.1) is 17.2 Å². The van der Waals surface area contributed by atoms with E-state index in [1.54, 1.807) is 6.07 Å². The number of nitrogens with one attached hydrogen (secondary N) is 1. The topological polar surface area (TPSA) is 55.1 Å². The van der Waals surface area contributed by atoms with E-state index in [4.69, 9.17) is 11.6 Å². The Labute approximate surface area is 181 Å². The number of hydrogen-bond acceptors (Lipinski definition) is 4. The number of rotatable bonds is 4. The highest BCUT2D eigenvalue weighted by atomic mass is 35.5. The summed E-state index contributed by atoms with van der Waals surface area (Å²) in [5.41, 5.74) is 6.22. The fourth-order valence-corrected chi connectivity index (χ4v) is 3.53. The van der Waals surface area contributed by atoms with E-state index in [9.17, 15) is 13.2 Å². The third kappa shape index (κ3) is 4.11. The van der Waals surface area contributed by atoms with Crippen LogP contribution in [0.2, 0.25) is 5.02 Å². The van der Waals surface area contributed by atoms with Crippen LogP contribution in [-0.4, -0.2) is 20.7 Å². The highest BCUT2D eigenvalue weighted by molar-refractivity contribution is 6.30. The van der Waals surface area contributed by atoms with E-state index in [1.807, 2.05) is 36.6 Å². The summed E-state index contributed by atoms with van der Waals surface area (Å²) in [7, 11) is 0. The molecule has 0 saturated heterocycles. The molecule has 2 heterocycles. The molecule has 2 aromatic carbocycles. The molecule has 0 aliphatic carbocycles. The minimum atomic E-state index is -4.37. The molecule has 2 aromatic heterocycles. The number of halogens is 4. The predicted octanol–water partition coefficient (Wildman–Crippen LogP) is 6.16. The summed E-state index contributed by atoms with van der Waals surface area (Å²) in [6.45, 7) is 3.94. The van der Waals surface area contributed by atoms with Crippen molar-refractivity contribution in [2.75, 3.05) is 5.43 Å². The van der Waals surface area contributed by atoms with Gasteiger partial charge in [-0.3, -0.25) is 9.99 Å². The van der Waals surface area contributed by atoms with Gasteiger partial charge in [0.1, 0.15) is 6.33 Å². The zero-order chi connectivity index (χ0) is 22.2. The fraction of sp³-hybridized carbons (Fsp3) is 0.136. The Hall–Kier alpha value is -3.39. The lowest BCUT2D eigenvalue weighted by molar-refractivity contribution is -0.137. The molecule has 5 nitrogen and oxygen atoms in total. The van der Waals surface area contributed by atoms with E-state index in [0.717, 1.165) is 34.5 Å². The maximum Gasteiger partial charge on any atom is 0.416 e. The van der Waals surface area contributed by atoms with Gasteiger partial charge < -0.3 is 0 Å². The van der Waals surface area contributed by atoms with Crippen LogP contribution < -0.4 is 5.43 Å². The molecule has 158 valence electrons. The monoisotopic (exact) mass is 443 g/mol. The van der Waals surface area contributed by atoms with Crippen LogP contribution in [0.5, 0.6) is 0 Å². The van der Waals surface area contributed by atoms with Crippen molar-refractivity contribution in [3.63, 3.8) is 0 Å². The zero-order valence-corrected chi connectivity index (χ0v) is 17.3. The third-order valence-electron chi connectivity index (χ3n) is 4.98. The highest BCUT2D eigenvalue weighted by Crippen LogP contribution is 2.32. The van der Waals surface area contributed by atoms with Gasteiger partial charge >= 0.3 is 6.18 Å². The number of anilines is 1. The van der Waals surface area contributed by atoms with Crippen molar-refractivity contribution in [1.29, 1.82) is 0 Å². The van der Waals surface area contributed by atoms with Gasteiger partial charge in [-0.1, -0.05) is 29.8 Å². The van der Waals surface area contributed by atoms with E-state index in [1.165, 1.54) is 24.7 Å². The number of hydrogen-bond donors (Lipinski definition) is 1. The summed E-state index contributed by atoms with van der Waals surface area (Å²) in [5, 5.41) is 5.56. The first-order valence-electron chi connectivity index (χ1n) is 9.30. The summed E-state index contributed by atoms with van der Waals surface area (Å²) in [4.78, 5) is 8.73. The van der Waals surface area contributed by atoms with E-state index in [-0.39, 0.29) is 0 Å². The smallest absolute Gasteiger partial charge is 0.298 e. The van der Waals surface area contributed by atoms with Crippen molar-refractivity contribution >= 4 is 34.7 Å². The number of hydrazone groups is 1. The fourth-order valence-electron chi connectivity index (χ4n) is 3.34. The summed E-state index contributed by atoms with van der Waals surface area (Å²) >= 11 is 6.16. The Morgan fingerprint density at radius 1 is 1.06 bits per heavy atom. The first-order valence-corrected chi connectivity index (χ1v) is 9.68. The lowest BCUT2D eigenvalue weighted by atomic mass is 10.1. The number of alkyl halides is 3. The van der Waals surface area contributed by atoms with Gasteiger partial charge in [0, 0.05) is 16.4 Å². The number of nitrogens with zero attached hydrogens (tertiary/aromatic N) is 4. The van der Waals surface area contributed by atoms with E-state index in [2.05, 4.69) is 20.5 Å². The number of aromatic nitrogens is 3. The third-order valence-corrected chi connectivity index (χ3v) is 5.22. The molecule has 1 N–H and O–H groups in total. The quantitative estimate of drug-likeness (QED) is 0.304. The molecule has 4 rings (SSSR count). The normalized spacial score (nSPS) is 12.1. The Kier molecular flexibility index (Phi) is 5.41. The van der Waals surface area contributed by atoms with E-state index in [0.29, 0.717) is 22.1 Å². The van der Waals surface area contributed by atoms with Crippen LogP contribution in [0.4, 0.5) is 19.0 Å². The van der Waals surface area contributed by atoms with Crippen LogP contribution >= 0.6 is 11.6 Å². The molecule has 0 spiro atoms. The molecular formula is C22H17ClF3N5. The molecule has 9 heteroatoms. The van der Waals surface area contributed by atoms with Crippen LogP contribution in [-0.2, 0) is 6.18 Å². The molecule has 0 bridgehead atoms. The number of benzene rings is 2. The average molecular weight is 444 g/mol. The van der Waals surface area contributed by atoms with Crippen molar-refractivity contribution in [3.05, 3.63) is 82.3 Å². The average Bonchev–Trinajstić information content (AvgIpc) is 2.99. The second-order valence-corrected chi connectivity index (χ2v) is 7.37. The molecule has 0 amide bonds. The lowest BCUT2D eigenvalue weighted by Crippen LogP contribution is -2.04. The molecule has 0 radical (unpaired) electrons. The molecule has 0 aliphatic heterocycles. The predicted molar refractivity (Wildman–Crippen MR) is 116 cm³/mol. The molecule has 0 aliphatic rings. The van der Waals surface area contributed by atoms with Gasteiger partial charge in [0.15, 0.2) is 11.5 Å². The minimum absolute atomic E-state index is 0.495. The highest BCUT2D eigenvalue weighted by Gasteiger charge is 2.29. The van der Waals surface area contributed by atoms with Crippen LogP contribution in [0.25, 0.3) is 16.7 Å². The number of aryl methyl sites for hydroxylation is 1. The van der Waals surface area contributed by atoms with Crippen LogP contribution in [0, 0.1) is 13.8 Å². The molecule has 31 heavy (non-hydrogen) atoms. The van der Waals surface area contributed by atoms with Gasteiger partial charge in [-0.15, -0.1) is 0 Å². The maximum atomic E-state index is 12.7. The Bertz CT molecular complexity index is 1280. The molecule has 0 atom stereocenters. The van der Waals surface area contributed by atoms with Crippen LogP contribution in [0.3, 0.4) is 0 Å². The van der Waals surface area contributed by atoms with Crippen LogP contribution in [0.15, 0.2) is 60.0 Å². The molecule has 4 aromatic rings. The first-order chi connectivity index (χ1) is 14.8. The second-order valence-electron chi connectivity index (χ2n) is 6.94. The molecule has 0 fully saturated rings. The zero-order valence-electron chi connectivity index (χ0n) is 16.6. The maximum absolute atomic E-state index is 12.7. The van der Waals surface area contributed by atoms with Gasteiger partial charge in [0.25, 0.3) is 0 Å². The van der Waals surface area contributed by atoms with Crippen molar-refractivity contribution in [1.82, 2.24) is 14.5 Å². The summed E-state index contributed by atoms with van der Waals surface area (Å²) in [6.07, 6.45) is -1.51. The minimum Gasteiger partial charge on any atom is -0.298 e. The van der Waals surface area contributed by atoms with Gasteiger partial charge in [-0.25, -0.2) is 9.97 Å². The van der Waals surface area contributed by atoms with Gasteiger partial charge in [-0.2, -0.15) is 18.3 Å². The van der Waals surface area contributed by atoms with Crippen molar-refractivity contribution in [3.8, 4) is 5.69 Å². The molecule has 0 unspecified atom stereocenters. The van der Waals surface area contributed by atoms with Crippen molar-refractivity contribution in [2.45, 2.75) is 20.0 Å². The lowest BCUT2D eigenvalue weighted by Gasteiger charge is -2.08. The summed E-state index contributed by atoms with van der Waals surface area (Å²) in [5.74, 6) is 0.495. The van der Waals surface area contributed by atoms with Crippen molar-refractivity contribution < 1.29 is 13.2 Å². The standard InChI is InChI=1S/C22H17ClF3N5/c1-13-14(2)31(18-5-3-4-17(23)10-18)21-19(13)20(27-12-28-21)30-29-11-15-6-8-16(9-7-15)22(24,25)26/h3-12H,1-2H3,(H,27,28,30)/b29-11+. The second kappa shape index (κ2) is 8.03. The number of fused-ring (bicyclic) bond motifs is 1. The molecule has 0 saturated carbocycles. The Morgan fingerprint density at radius 3 is 2.48 bits per heavy atom. The molecular weight excluding hydrogens is 427 g/mol.